The highest BCUT2D eigenvalue weighted by atomic mass is 32.1. The normalized spacial score (nSPS) is 12.1. The Labute approximate surface area is 179 Å². The van der Waals surface area contributed by atoms with Gasteiger partial charge in [-0.2, -0.15) is 0 Å². The monoisotopic (exact) mass is 417 g/mol. The molecule has 0 saturated heterocycles. The van der Waals surface area contributed by atoms with Gasteiger partial charge in [0, 0.05) is 16.1 Å². The van der Waals surface area contributed by atoms with Gasteiger partial charge in [0.1, 0.15) is 10.9 Å². The minimum Gasteiger partial charge on any atom is -0.324 e. The van der Waals surface area contributed by atoms with E-state index in [-0.39, 0.29) is 11.5 Å². The van der Waals surface area contributed by atoms with Crippen molar-refractivity contribution in [1.29, 1.82) is 0 Å². The van der Waals surface area contributed by atoms with Crippen molar-refractivity contribution in [3.63, 3.8) is 0 Å². The van der Waals surface area contributed by atoms with Crippen LogP contribution in [0.5, 0.6) is 0 Å². The fourth-order valence-corrected chi connectivity index (χ4v) is 4.54. The Balaban J connectivity index is 1.77. The zero-order valence-corrected chi connectivity index (χ0v) is 18.2. The molecule has 1 N–H and O–H groups in total. The van der Waals surface area contributed by atoms with E-state index in [9.17, 15) is 9.59 Å². The van der Waals surface area contributed by atoms with Crippen LogP contribution >= 0.6 is 11.3 Å². The van der Waals surface area contributed by atoms with Crippen LogP contribution in [0.1, 0.15) is 29.0 Å². The summed E-state index contributed by atoms with van der Waals surface area (Å²) in [6.07, 6.45) is 1.47. The number of carbonyl (C=O) groups excluding carboxylic acids is 1. The molecule has 2 heterocycles. The van der Waals surface area contributed by atoms with E-state index in [1.165, 1.54) is 22.2 Å². The standard InChI is InChI=1S/C24H23N3O2S/c1-14-9-11-18(12-10-14)20-17(4)30-23-21(20)24(29)27(13-25-23)16(3)22(28)26-19-8-6-5-7-15(19)2/h5-13,16H,1-4H3,(H,26,28). The van der Waals surface area contributed by atoms with Crippen LogP contribution in [0.25, 0.3) is 21.3 Å². The number of para-hydroxylation sites is 1. The number of aryl methyl sites for hydroxylation is 3. The van der Waals surface area contributed by atoms with Crippen LogP contribution in [0.4, 0.5) is 5.69 Å². The number of carbonyl (C=O) groups is 1. The molecule has 152 valence electrons. The predicted octanol–water partition coefficient (Wildman–Crippen LogP) is 5.25. The molecule has 0 bridgehead atoms. The second-order valence-corrected chi connectivity index (χ2v) is 8.72. The minimum absolute atomic E-state index is 0.202. The number of fused-ring (bicyclic) bond motifs is 1. The summed E-state index contributed by atoms with van der Waals surface area (Å²) in [5, 5.41) is 3.49. The molecule has 0 aliphatic carbocycles. The summed E-state index contributed by atoms with van der Waals surface area (Å²) in [7, 11) is 0. The second kappa shape index (κ2) is 7.88. The lowest BCUT2D eigenvalue weighted by molar-refractivity contribution is -0.118. The van der Waals surface area contributed by atoms with Crippen LogP contribution in [0.3, 0.4) is 0 Å². The Kier molecular flexibility index (Phi) is 5.26. The summed E-state index contributed by atoms with van der Waals surface area (Å²) in [6, 6.07) is 15.0. The minimum atomic E-state index is -0.694. The number of nitrogens with one attached hydrogen (secondary N) is 1. The van der Waals surface area contributed by atoms with E-state index in [4.69, 9.17) is 0 Å². The van der Waals surface area contributed by atoms with Gasteiger partial charge in [0.05, 0.1) is 11.7 Å². The van der Waals surface area contributed by atoms with Crippen LogP contribution in [-0.2, 0) is 4.79 Å². The maximum Gasteiger partial charge on any atom is 0.263 e. The van der Waals surface area contributed by atoms with Crippen LogP contribution in [0, 0.1) is 20.8 Å². The maximum absolute atomic E-state index is 13.4. The number of rotatable bonds is 4. The summed E-state index contributed by atoms with van der Waals surface area (Å²) in [5.41, 5.74) is 4.55. The van der Waals surface area contributed by atoms with E-state index in [0.29, 0.717) is 10.2 Å². The highest BCUT2D eigenvalue weighted by Gasteiger charge is 2.22. The van der Waals surface area contributed by atoms with Crippen LogP contribution in [-0.4, -0.2) is 15.5 Å². The lowest BCUT2D eigenvalue weighted by atomic mass is 10.0. The third-order valence-electron chi connectivity index (χ3n) is 5.35. The Morgan fingerprint density at radius 1 is 1.07 bits per heavy atom. The second-order valence-electron chi connectivity index (χ2n) is 7.52. The highest BCUT2D eigenvalue weighted by molar-refractivity contribution is 7.19. The number of aromatic nitrogens is 2. The molecular weight excluding hydrogens is 394 g/mol. The molecule has 6 heteroatoms. The third-order valence-corrected chi connectivity index (χ3v) is 6.37. The molecule has 4 aromatic rings. The molecule has 0 fully saturated rings. The van der Waals surface area contributed by atoms with Gasteiger partial charge in [-0.05, 0) is 44.9 Å². The number of amides is 1. The summed E-state index contributed by atoms with van der Waals surface area (Å²) in [4.78, 5) is 32.5. The quantitative estimate of drug-likeness (QED) is 0.493. The van der Waals surface area contributed by atoms with E-state index in [2.05, 4.69) is 10.3 Å². The van der Waals surface area contributed by atoms with Gasteiger partial charge in [-0.1, -0.05) is 48.0 Å². The van der Waals surface area contributed by atoms with Crippen molar-refractivity contribution in [2.45, 2.75) is 33.7 Å². The van der Waals surface area contributed by atoms with Crippen LogP contribution in [0.2, 0.25) is 0 Å². The number of nitrogens with zero attached hydrogens (tertiary/aromatic N) is 2. The zero-order valence-electron chi connectivity index (χ0n) is 17.4. The summed E-state index contributed by atoms with van der Waals surface area (Å²) in [5.74, 6) is -0.253. The van der Waals surface area contributed by atoms with E-state index in [0.717, 1.165) is 32.8 Å². The first-order valence-electron chi connectivity index (χ1n) is 9.80. The molecule has 0 spiro atoms. The molecule has 0 saturated carbocycles. The number of anilines is 1. The van der Waals surface area contributed by atoms with E-state index in [1.54, 1.807) is 6.92 Å². The van der Waals surface area contributed by atoms with Gasteiger partial charge in [-0.3, -0.25) is 14.2 Å². The van der Waals surface area contributed by atoms with Crippen molar-refractivity contribution in [2.24, 2.45) is 0 Å². The molecule has 0 radical (unpaired) electrons. The molecule has 2 aromatic carbocycles. The van der Waals surface area contributed by atoms with Gasteiger partial charge in [-0.25, -0.2) is 4.98 Å². The van der Waals surface area contributed by atoms with Gasteiger partial charge < -0.3 is 5.32 Å². The lowest BCUT2D eigenvalue weighted by Gasteiger charge is -2.16. The van der Waals surface area contributed by atoms with Gasteiger partial charge in [0.15, 0.2) is 0 Å². The first-order valence-corrected chi connectivity index (χ1v) is 10.6. The third kappa shape index (κ3) is 3.55. The molecule has 1 unspecified atom stereocenters. The largest absolute Gasteiger partial charge is 0.324 e. The van der Waals surface area contributed by atoms with Crippen LogP contribution in [0.15, 0.2) is 59.7 Å². The van der Waals surface area contributed by atoms with Crippen molar-refractivity contribution < 1.29 is 4.79 Å². The zero-order chi connectivity index (χ0) is 21.4. The van der Waals surface area contributed by atoms with Crippen molar-refractivity contribution in [2.75, 3.05) is 5.32 Å². The summed E-state index contributed by atoms with van der Waals surface area (Å²) < 4.78 is 1.42. The van der Waals surface area contributed by atoms with Gasteiger partial charge in [-0.15, -0.1) is 11.3 Å². The molecule has 0 aliphatic rings. The number of hydrogen-bond acceptors (Lipinski definition) is 4. The predicted molar refractivity (Wildman–Crippen MR) is 123 cm³/mol. The molecule has 0 aliphatic heterocycles. The fraction of sp³-hybridized carbons (Fsp3) is 0.208. The fourth-order valence-electron chi connectivity index (χ4n) is 3.54. The van der Waals surface area contributed by atoms with Crippen molar-refractivity contribution in [3.05, 3.63) is 81.2 Å². The van der Waals surface area contributed by atoms with Gasteiger partial charge in [0.25, 0.3) is 5.56 Å². The Hall–Kier alpha value is -3.25. The number of benzene rings is 2. The SMILES string of the molecule is Cc1ccc(-c2c(C)sc3ncn(C(C)C(=O)Nc4ccccc4C)c(=O)c23)cc1. The van der Waals surface area contributed by atoms with Crippen molar-refractivity contribution in [1.82, 2.24) is 9.55 Å². The highest BCUT2D eigenvalue weighted by Crippen LogP contribution is 2.35. The van der Waals surface area contributed by atoms with E-state index >= 15 is 0 Å². The van der Waals surface area contributed by atoms with Crippen LogP contribution < -0.4 is 10.9 Å². The summed E-state index contributed by atoms with van der Waals surface area (Å²) in [6.45, 7) is 7.68. The molecule has 1 amide bonds. The average molecular weight is 418 g/mol. The van der Waals surface area contributed by atoms with Crippen molar-refractivity contribution in [3.8, 4) is 11.1 Å². The Morgan fingerprint density at radius 2 is 1.77 bits per heavy atom. The molecule has 2 aromatic heterocycles. The topological polar surface area (TPSA) is 64.0 Å². The first kappa shape index (κ1) is 20.0. The van der Waals surface area contributed by atoms with E-state index < -0.39 is 6.04 Å². The first-order chi connectivity index (χ1) is 14.4. The van der Waals surface area contributed by atoms with E-state index in [1.807, 2.05) is 69.3 Å². The van der Waals surface area contributed by atoms with Crippen molar-refractivity contribution >= 4 is 33.1 Å². The summed E-state index contributed by atoms with van der Waals surface area (Å²) >= 11 is 1.50. The van der Waals surface area contributed by atoms with Gasteiger partial charge in [0.2, 0.25) is 5.91 Å². The molecule has 1 atom stereocenters. The molecule has 4 rings (SSSR count). The molecule has 5 nitrogen and oxygen atoms in total. The molecule has 30 heavy (non-hydrogen) atoms. The Morgan fingerprint density at radius 3 is 2.47 bits per heavy atom. The smallest absolute Gasteiger partial charge is 0.263 e. The number of hydrogen-bond donors (Lipinski definition) is 1. The molecular formula is C24H23N3O2S. The number of thiophene rings is 1. The van der Waals surface area contributed by atoms with Gasteiger partial charge >= 0.3 is 0 Å². The lowest BCUT2D eigenvalue weighted by Crippen LogP contribution is -2.31. The average Bonchev–Trinajstić information content (AvgIpc) is 3.07. The maximum atomic E-state index is 13.4. The Bertz CT molecular complexity index is 1300.